The van der Waals surface area contributed by atoms with E-state index in [4.69, 9.17) is 71.1 Å². The maximum atomic E-state index is 14.8. The molecule has 5 aromatic rings. The summed E-state index contributed by atoms with van der Waals surface area (Å²) in [6.45, 7) is 4.62. The Morgan fingerprint density at radius 2 is 1.06 bits per heavy atom. The van der Waals surface area contributed by atoms with Crippen LogP contribution in [0.25, 0.3) is 21.5 Å². The van der Waals surface area contributed by atoms with Crippen LogP contribution in [0, 0.1) is 5.92 Å². The first-order valence-electron chi connectivity index (χ1n) is 33.5. The molecule has 37 heteroatoms. The first-order chi connectivity index (χ1) is 50.2. The van der Waals surface area contributed by atoms with E-state index < -0.39 is 107 Å². The number of phosphoric ester groups is 2. The van der Waals surface area contributed by atoms with E-state index in [0.29, 0.717) is 84.5 Å². The standard InChI is InChI=1S/C68H85Cl2N9O24P2/c1-43(2)64(75-57(80)19-22-95-24-26-97-28-30-99-32-33-100-31-29-98-27-25-96-23-21-77-58(81)17-18-59(77)82)66(86)74-52(12-7-20-72-67(71)87)65(85)73-47-15-13-44(14-16-47)42-101-68(88)76(40-60(83)78-38-45(36-69)62-50-10-5-3-8-48(50)55(34-53(62)78)102-104(89,90)91)41-61(84)79-39-46(37-70)63-51-11-6-4-9-49(51)56(35-54(63)79)103-105(92,93)94/h3-6,8-11,13-18,34-35,43,45-46,52,64H,7,12,19-33,36-42H2,1-2H3,(H,73,85)(H,74,86)(H,75,80)(H3,71,72,87)(H2,89,90,91)(H2,92,93,94)/t45-,46-,52+,64+/m1/s1. The molecule has 0 radical (unpaired) electrons. The van der Waals surface area contributed by atoms with E-state index in [2.05, 4.69) is 21.3 Å². The summed E-state index contributed by atoms with van der Waals surface area (Å²) >= 11 is 13.0. The van der Waals surface area contributed by atoms with E-state index in [0.717, 1.165) is 9.80 Å². The van der Waals surface area contributed by atoms with Crippen LogP contribution < -0.4 is 45.8 Å². The van der Waals surface area contributed by atoms with Crippen LogP contribution in [0.2, 0.25) is 0 Å². The van der Waals surface area contributed by atoms with Crippen molar-refractivity contribution in [3.8, 4) is 11.5 Å². The first kappa shape index (κ1) is 82.3. The number of alkyl halides is 2. The molecule has 4 atom stereocenters. The molecule has 0 unspecified atom stereocenters. The number of primary amides is 1. The molecule has 0 bridgehead atoms. The van der Waals surface area contributed by atoms with Crippen molar-refractivity contribution in [1.29, 1.82) is 0 Å². The number of urea groups is 1. The number of carbonyl (C=O) groups excluding carboxylic acids is 9. The van der Waals surface area contributed by atoms with Crippen LogP contribution in [0.5, 0.6) is 11.5 Å². The molecule has 10 amide bonds. The maximum absolute atomic E-state index is 14.8. The number of anilines is 3. The highest BCUT2D eigenvalue weighted by Gasteiger charge is 2.40. The molecule has 5 aromatic carbocycles. The summed E-state index contributed by atoms with van der Waals surface area (Å²) in [6.07, 6.45) is 1.37. The Balaban J connectivity index is 0.839. The largest absolute Gasteiger partial charge is 0.524 e. The molecule has 0 saturated heterocycles. The van der Waals surface area contributed by atoms with Gasteiger partial charge in [0.2, 0.25) is 29.5 Å². The Bertz CT molecular complexity index is 3870. The third kappa shape index (κ3) is 24.3. The zero-order valence-electron chi connectivity index (χ0n) is 57.6. The van der Waals surface area contributed by atoms with Crippen LogP contribution in [0.15, 0.2) is 97.1 Å². The number of halogens is 2. The predicted octanol–water partition coefficient (Wildman–Crippen LogP) is 5.04. The van der Waals surface area contributed by atoms with Gasteiger partial charge in [-0.05, 0) is 58.4 Å². The third-order valence-corrected chi connectivity index (χ3v) is 18.3. The van der Waals surface area contributed by atoms with Crippen molar-refractivity contribution in [1.82, 2.24) is 25.8 Å². The van der Waals surface area contributed by atoms with Gasteiger partial charge < -0.3 is 79.0 Å². The van der Waals surface area contributed by atoms with Gasteiger partial charge in [0.15, 0.2) is 0 Å². The summed E-state index contributed by atoms with van der Waals surface area (Å²) in [5.74, 6) is -6.10. The minimum absolute atomic E-state index is 0.00717. The molecule has 105 heavy (non-hydrogen) atoms. The number of carbonyl (C=O) groups is 9. The lowest BCUT2D eigenvalue weighted by molar-refractivity contribution is -0.138. The highest BCUT2D eigenvalue weighted by molar-refractivity contribution is 7.47. The van der Waals surface area contributed by atoms with Crippen LogP contribution in [0.1, 0.15) is 61.6 Å². The summed E-state index contributed by atoms with van der Waals surface area (Å²) in [6, 6.07) is 18.6. The van der Waals surface area contributed by atoms with Gasteiger partial charge in [0, 0.05) is 90.4 Å². The average Bonchev–Trinajstić information content (AvgIpc) is 1.63. The molecule has 3 heterocycles. The minimum atomic E-state index is -5.15. The first-order valence-corrected chi connectivity index (χ1v) is 37.7. The molecule has 0 aromatic heterocycles. The van der Waals surface area contributed by atoms with Crippen LogP contribution in [-0.2, 0) is 82.5 Å². The summed E-state index contributed by atoms with van der Waals surface area (Å²) < 4.78 is 73.4. The van der Waals surface area contributed by atoms with Gasteiger partial charge >= 0.3 is 27.8 Å². The molecule has 570 valence electrons. The molecule has 3 aliphatic heterocycles. The van der Waals surface area contributed by atoms with Crippen molar-refractivity contribution in [3.63, 3.8) is 0 Å². The Hall–Kier alpha value is -8.37. The van der Waals surface area contributed by atoms with Crippen molar-refractivity contribution >= 4 is 131 Å². The molecule has 8 rings (SSSR count). The number of imide groups is 1. The number of fused-ring (bicyclic) bond motifs is 6. The number of hydrogen-bond acceptors (Lipinski definition) is 20. The van der Waals surface area contributed by atoms with E-state index in [1.54, 1.807) is 62.4 Å². The molecule has 0 aliphatic carbocycles. The number of nitrogens with one attached hydrogen (secondary N) is 4. The second-order valence-electron chi connectivity index (χ2n) is 24.5. The van der Waals surface area contributed by atoms with E-state index in [1.165, 1.54) is 58.4 Å². The van der Waals surface area contributed by atoms with Crippen LogP contribution >= 0.6 is 38.8 Å². The van der Waals surface area contributed by atoms with Crippen molar-refractivity contribution in [2.24, 2.45) is 11.7 Å². The fourth-order valence-corrected chi connectivity index (χ4v) is 13.1. The van der Waals surface area contributed by atoms with E-state index >= 15 is 0 Å². The summed E-state index contributed by atoms with van der Waals surface area (Å²) in [5, 5.41) is 12.3. The Morgan fingerprint density at radius 3 is 1.50 bits per heavy atom. The number of hydrogen-bond donors (Lipinski definition) is 9. The summed E-state index contributed by atoms with van der Waals surface area (Å²) in [5.41, 5.74) is 7.31. The number of rotatable bonds is 43. The maximum Gasteiger partial charge on any atom is 0.524 e. The quantitative estimate of drug-likeness (QED) is 0.0107. The van der Waals surface area contributed by atoms with Crippen molar-refractivity contribution < 1.29 is 114 Å². The molecule has 0 spiro atoms. The minimum Gasteiger partial charge on any atom is -0.445 e. The normalized spacial score (nSPS) is 15.4. The fraction of sp³-hybridized carbons (Fsp3) is 0.456. The van der Waals surface area contributed by atoms with Gasteiger partial charge in [0.25, 0.3) is 11.8 Å². The number of nitrogens with zero attached hydrogens (tertiary/aromatic N) is 4. The lowest BCUT2D eigenvalue weighted by atomic mass is 9.95. The summed E-state index contributed by atoms with van der Waals surface area (Å²) in [4.78, 5) is 164. The molecule has 3 aliphatic rings. The molecular weight excluding hydrogens is 1460 g/mol. The third-order valence-electron chi connectivity index (χ3n) is 16.7. The van der Waals surface area contributed by atoms with Gasteiger partial charge in [0.1, 0.15) is 43.3 Å². The van der Waals surface area contributed by atoms with Gasteiger partial charge in [-0.3, -0.25) is 62.9 Å². The molecule has 0 saturated carbocycles. The van der Waals surface area contributed by atoms with E-state index in [9.17, 15) is 71.9 Å². The molecule has 10 N–H and O–H groups in total. The van der Waals surface area contributed by atoms with Gasteiger partial charge in [0.05, 0.1) is 97.2 Å². The Labute approximate surface area is 613 Å². The zero-order chi connectivity index (χ0) is 75.8. The number of amides is 10. The van der Waals surface area contributed by atoms with Crippen LogP contribution in [-0.4, -0.2) is 225 Å². The smallest absolute Gasteiger partial charge is 0.445 e. The summed E-state index contributed by atoms with van der Waals surface area (Å²) in [7, 11) is -10.3. The number of phosphoric acid groups is 2. The number of ether oxygens (including phenoxy) is 7. The number of benzene rings is 5. The van der Waals surface area contributed by atoms with Gasteiger partial charge in [-0.2, -0.15) is 0 Å². The van der Waals surface area contributed by atoms with E-state index in [-0.39, 0.29) is 131 Å². The monoisotopic (exact) mass is 1540 g/mol. The second-order valence-corrected chi connectivity index (χ2v) is 27.5. The molecular formula is C68H85Cl2N9O24P2. The van der Waals surface area contributed by atoms with E-state index in [1.807, 2.05) is 0 Å². The van der Waals surface area contributed by atoms with Gasteiger partial charge in [-0.25, -0.2) is 18.7 Å². The topological polar surface area (TPSA) is 439 Å². The predicted molar refractivity (Wildman–Crippen MR) is 383 cm³/mol. The number of nitrogens with two attached hydrogens (primary N) is 1. The lowest BCUT2D eigenvalue weighted by Crippen LogP contribution is -2.54. The Kier molecular flexibility index (Phi) is 31.2. The highest BCUT2D eigenvalue weighted by Crippen LogP contribution is 2.51. The SMILES string of the molecule is CC(C)[C@H](NC(=O)CCOCCOCCOCCOCCOCCOCCN1C(=O)C=CC1=O)C(=O)N[C@@H](CCCNC(N)=O)C(=O)Nc1ccc(COC(=O)N(CC(=O)N2C[C@@H](CCl)c3c2cc(OP(=O)(O)O)c2ccccc32)CC(=O)N2C[C@@H](CCl)c3c2cc(OP(=O)(O)O)c2ccccc32)cc1. The lowest BCUT2D eigenvalue weighted by Gasteiger charge is -2.27. The van der Waals surface area contributed by atoms with Crippen molar-refractivity contribution in [2.75, 3.05) is 145 Å². The van der Waals surface area contributed by atoms with Crippen LogP contribution in [0.4, 0.5) is 26.7 Å². The van der Waals surface area contributed by atoms with Gasteiger partial charge in [-0.15, -0.1) is 23.2 Å². The second kappa shape index (κ2) is 39.8. The van der Waals surface area contributed by atoms with Crippen molar-refractivity contribution in [2.45, 2.75) is 63.6 Å². The zero-order valence-corrected chi connectivity index (χ0v) is 60.9. The van der Waals surface area contributed by atoms with Gasteiger partial charge in [-0.1, -0.05) is 74.5 Å². The molecule has 0 fully saturated rings. The van der Waals surface area contributed by atoms with Crippen LogP contribution in [0.3, 0.4) is 0 Å². The molecule has 33 nitrogen and oxygen atoms in total. The fourth-order valence-electron chi connectivity index (χ4n) is 11.8. The van der Waals surface area contributed by atoms with Crippen molar-refractivity contribution in [3.05, 3.63) is 114 Å². The average molecular weight is 1550 g/mol. The Morgan fingerprint density at radius 1 is 0.610 bits per heavy atom. The highest BCUT2D eigenvalue weighted by atomic mass is 35.5.